The van der Waals surface area contributed by atoms with Crippen LogP contribution in [0.3, 0.4) is 0 Å². The third kappa shape index (κ3) is 3.16. The van der Waals surface area contributed by atoms with Crippen molar-refractivity contribution in [2.45, 2.75) is 19.4 Å². The zero-order valence-electron chi connectivity index (χ0n) is 10.1. The van der Waals surface area contributed by atoms with E-state index >= 15 is 0 Å². The van der Waals surface area contributed by atoms with Crippen LogP contribution in [0.5, 0.6) is 5.75 Å². The Bertz CT molecular complexity index is 460. The monoisotopic (exact) mass is 256 g/mol. The van der Waals surface area contributed by atoms with E-state index in [1.165, 1.54) is 13.4 Å². The molecular formula is C10H16N4O2S. The molecule has 1 aromatic rings. The SMILES string of the molecule is COc1c(N(C)C(C)CC(N)=S)nc[nH]c1=O. The molecule has 3 N–H and O–H groups in total. The van der Waals surface area contributed by atoms with E-state index in [1.54, 1.807) is 0 Å². The molecule has 0 aliphatic carbocycles. The number of aromatic amines is 1. The second-order valence-electron chi connectivity index (χ2n) is 3.72. The van der Waals surface area contributed by atoms with Gasteiger partial charge in [0.25, 0.3) is 5.56 Å². The van der Waals surface area contributed by atoms with E-state index in [9.17, 15) is 4.79 Å². The van der Waals surface area contributed by atoms with Crippen molar-refractivity contribution < 1.29 is 4.74 Å². The van der Waals surface area contributed by atoms with Crippen LogP contribution in [-0.4, -0.2) is 35.2 Å². The number of anilines is 1. The molecule has 1 rings (SSSR count). The number of hydrogen-bond acceptors (Lipinski definition) is 5. The van der Waals surface area contributed by atoms with Gasteiger partial charge in [0, 0.05) is 19.5 Å². The third-order valence-electron chi connectivity index (χ3n) is 2.49. The van der Waals surface area contributed by atoms with Crippen molar-refractivity contribution in [1.82, 2.24) is 9.97 Å². The number of aromatic nitrogens is 2. The zero-order valence-corrected chi connectivity index (χ0v) is 10.9. The molecule has 0 fully saturated rings. The smallest absolute Gasteiger partial charge is 0.295 e. The van der Waals surface area contributed by atoms with E-state index in [2.05, 4.69) is 9.97 Å². The van der Waals surface area contributed by atoms with Gasteiger partial charge in [-0.3, -0.25) is 4.79 Å². The van der Waals surface area contributed by atoms with Gasteiger partial charge in [-0.2, -0.15) is 0 Å². The molecule has 0 saturated carbocycles. The van der Waals surface area contributed by atoms with Crippen LogP contribution in [0.25, 0.3) is 0 Å². The lowest BCUT2D eigenvalue weighted by atomic mass is 10.2. The van der Waals surface area contributed by atoms with Crippen molar-refractivity contribution in [3.8, 4) is 5.75 Å². The predicted molar refractivity (Wildman–Crippen MR) is 70.7 cm³/mol. The van der Waals surface area contributed by atoms with Crippen LogP contribution in [-0.2, 0) is 0 Å². The maximum Gasteiger partial charge on any atom is 0.295 e. The molecule has 7 heteroatoms. The lowest BCUT2D eigenvalue weighted by Crippen LogP contribution is -2.34. The summed E-state index contributed by atoms with van der Waals surface area (Å²) in [5.74, 6) is 0.657. The van der Waals surface area contributed by atoms with Gasteiger partial charge in [-0.1, -0.05) is 12.2 Å². The van der Waals surface area contributed by atoms with Crippen LogP contribution in [0.1, 0.15) is 13.3 Å². The first-order valence-corrected chi connectivity index (χ1v) is 5.51. The summed E-state index contributed by atoms with van der Waals surface area (Å²) in [5.41, 5.74) is 5.18. The Balaban J connectivity index is 3.03. The molecule has 6 nitrogen and oxygen atoms in total. The van der Waals surface area contributed by atoms with E-state index in [4.69, 9.17) is 22.7 Å². The maximum atomic E-state index is 11.5. The van der Waals surface area contributed by atoms with Crippen LogP contribution in [0.2, 0.25) is 0 Å². The number of nitrogens with zero attached hydrogens (tertiary/aromatic N) is 2. The van der Waals surface area contributed by atoms with Gasteiger partial charge < -0.3 is 20.4 Å². The Morgan fingerprint density at radius 1 is 1.76 bits per heavy atom. The molecule has 94 valence electrons. The number of nitrogens with one attached hydrogen (secondary N) is 1. The minimum atomic E-state index is -0.313. The average molecular weight is 256 g/mol. The number of ether oxygens (including phenoxy) is 1. The Morgan fingerprint density at radius 3 is 2.94 bits per heavy atom. The number of methoxy groups -OCH3 is 1. The third-order valence-corrected chi connectivity index (χ3v) is 2.65. The average Bonchev–Trinajstić information content (AvgIpc) is 2.26. The molecule has 0 radical (unpaired) electrons. The van der Waals surface area contributed by atoms with E-state index in [0.717, 1.165) is 0 Å². The van der Waals surface area contributed by atoms with Gasteiger partial charge in [-0.05, 0) is 6.92 Å². The molecule has 0 saturated heterocycles. The summed E-state index contributed by atoms with van der Waals surface area (Å²) in [6.07, 6.45) is 1.88. The van der Waals surface area contributed by atoms with Gasteiger partial charge in [0.05, 0.1) is 18.4 Å². The number of rotatable bonds is 5. The van der Waals surface area contributed by atoms with Gasteiger partial charge in [0.1, 0.15) is 0 Å². The molecule has 0 bridgehead atoms. The molecule has 0 spiro atoms. The highest BCUT2D eigenvalue weighted by Crippen LogP contribution is 2.21. The highest BCUT2D eigenvalue weighted by atomic mass is 32.1. The summed E-state index contributed by atoms with van der Waals surface area (Å²) in [7, 11) is 3.25. The highest BCUT2D eigenvalue weighted by molar-refractivity contribution is 7.80. The topological polar surface area (TPSA) is 84.2 Å². The summed E-state index contributed by atoms with van der Waals surface area (Å²) in [4.78, 5) is 20.3. The number of H-pyrrole nitrogens is 1. The summed E-state index contributed by atoms with van der Waals surface area (Å²) in [5, 5.41) is 0. The minimum Gasteiger partial charge on any atom is -0.489 e. The number of thiocarbonyl (C=S) groups is 1. The van der Waals surface area contributed by atoms with Gasteiger partial charge >= 0.3 is 0 Å². The normalized spacial score (nSPS) is 11.9. The Labute approximate surface area is 105 Å². The van der Waals surface area contributed by atoms with Gasteiger partial charge in [-0.15, -0.1) is 0 Å². The molecule has 1 atom stereocenters. The Kier molecular flexibility index (Phi) is 4.45. The fraction of sp³-hybridized carbons (Fsp3) is 0.500. The molecular weight excluding hydrogens is 240 g/mol. The largest absolute Gasteiger partial charge is 0.489 e. The van der Waals surface area contributed by atoms with Crippen molar-refractivity contribution >= 4 is 23.0 Å². The van der Waals surface area contributed by atoms with Crippen LogP contribution in [0.15, 0.2) is 11.1 Å². The van der Waals surface area contributed by atoms with Gasteiger partial charge in [0.15, 0.2) is 5.82 Å². The first kappa shape index (κ1) is 13.4. The molecule has 1 aromatic heterocycles. The van der Waals surface area contributed by atoms with Crippen molar-refractivity contribution in [2.24, 2.45) is 5.73 Å². The quantitative estimate of drug-likeness (QED) is 0.736. The van der Waals surface area contributed by atoms with Gasteiger partial charge in [-0.25, -0.2) is 4.98 Å². The Morgan fingerprint density at radius 2 is 2.41 bits per heavy atom. The summed E-state index contributed by atoms with van der Waals surface area (Å²) >= 11 is 4.86. The van der Waals surface area contributed by atoms with Crippen molar-refractivity contribution in [1.29, 1.82) is 0 Å². The number of nitrogens with two attached hydrogens (primary N) is 1. The molecule has 0 aromatic carbocycles. The summed E-state index contributed by atoms with van der Waals surface area (Å²) in [6, 6.07) is 0.0377. The van der Waals surface area contributed by atoms with Crippen molar-refractivity contribution in [3.63, 3.8) is 0 Å². The van der Waals surface area contributed by atoms with Gasteiger partial charge in [0.2, 0.25) is 5.75 Å². The van der Waals surface area contributed by atoms with Crippen molar-refractivity contribution in [2.75, 3.05) is 19.1 Å². The minimum absolute atomic E-state index is 0.0377. The second-order valence-corrected chi connectivity index (χ2v) is 4.24. The van der Waals surface area contributed by atoms with Crippen molar-refractivity contribution in [3.05, 3.63) is 16.7 Å². The van der Waals surface area contributed by atoms with Crippen LogP contribution >= 0.6 is 12.2 Å². The molecule has 1 unspecified atom stereocenters. The second kappa shape index (κ2) is 5.62. The number of hydrogen-bond donors (Lipinski definition) is 2. The van der Waals surface area contributed by atoms with Crippen LogP contribution < -0.4 is 20.9 Å². The molecule has 1 heterocycles. The van der Waals surface area contributed by atoms with Crippen LogP contribution in [0.4, 0.5) is 5.82 Å². The predicted octanol–water partition coefficient (Wildman–Crippen LogP) is 0.279. The lowest BCUT2D eigenvalue weighted by Gasteiger charge is -2.26. The molecule has 0 aliphatic heterocycles. The summed E-state index contributed by atoms with van der Waals surface area (Å²) < 4.78 is 5.04. The van der Waals surface area contributed by atoms with E-state index in [0.29, 0.717) is 17.2 Å². The molecule has 0 amide bonds. The summed E-state index contributed by atoms with van der Waals surface area (Å²) in [6.45, 7) is 1.95. The molecule has 0 aliphatic rings. The first-order valence-electron chi connectivity index (χ1n) is 5.10. The zero-order chi connectivity index (χ0) is 13.0. The fourth-order valence-electron chi connectivity index (χ4n) is 1.45. The van der Waals surface area contributed by atoms with E-state index in [-0.39, 0.29) is 17.4 Å². The molecule has 17 heavy (non-hydrogen) atoms. The van der Waals surface area contributed by atoms with E-state index in [1.807, 2.05) is 18.9 Å². The Hall–Kier alpha value is -1.63. The first-order chi connectivity index (χ1) is 7.97. The van der Waals surface area contributed by atoms with E-state index < -0.39 is 0 Å². The lowest BCUT2D eigenvalue weighted by molar-refractivity contribution is 0.405. The van der Waals surface area contributed by atoms with Crippen LogP contribution in [0, 0.1) is 0 Å². The fourth-order valence-corrected chi connectivity index (χ4v) is 1.69. The standard InChI is InChI=1S/C10H16N4O2S/c1-6(4-7(11)17)14(2)9-8(16-3)10(15)13-5-12-9/h5-6H,4H2,1-3H3,(H2,11,17)(H,12,13,15). The highest BCUT2D eigenvalue weighted by Gasteiger charge is 2.18. The maximum absolute atomic E-state index is 11.5.